The van der Waals surface area contributed by atoms with Crippen LogP contribution >= 0.6 is 0 Å². The van der Waals surface area contributed by atoms with Crippen LogP contribution in [-0.4, -0.2) is 31.8 Å². The Morgan fingerprint density at radius 2 is 1.73 bits per heavy atom. The molecule has 1 aromatic heterocycles. The third kappa shape index (κ3) is 5.96. The Morgan fingerprint density at radius 3 is 2.48 bits per heavy atom. The average molecular weight is 472 g/mol. The molecule has 11 nitrogen and oxygen atoms in total. The third-order valence-corrected chi connectivity index (χ3v) is 6.32. The van der Waals surface area contributed by atoms with Gasteiger partial charge in [0.05, 0.1) is 17.0 Å². The van der Waals surface area contributed by atoms with Crippen LogP contribution in [0.5, 0.6) is 5.75 Å². The summed E-state index contributed by atoms with van der Waals surface area (Å²) in [6.07, 6.45) is 0.564. The van der Waals surface area contributed by atoms with Gasteiger partial charge in [-0.25, -0.2) is 8.42 Å². The first-order chi connectivity index (χ1) is 15.5. The maximum absolute atomic E-state index is 13.4. The van der Waals surface area contributed by atoms with E-state index in [1.165, 1.54) is 4.91 Å². The standard InChI is InChI=1S/C20H17N5O3S.N3.Na/c21-25-22-11-4-12-28-15-9-10-18-17(13-15)20(24-23-18)29(26,27)19-8-3-6-14-5-1-2-7-16(14)19;1-3-2;/h1-3,5-10,13H,4,11-12H2,(H,23,24);;/q;-1;+1. The van der Waals surface area contributed by atoms with E-state index < -0.39 is 9.84 Å². The van der Waals surface area contributed by atoms with Crippen molar-refractivity contribution in [1.29, 1.82) is 0 Å². The second-order valence-electron chi connectivity index (χ2n) is 6.46. The molecule has 13 heteroatoms. The van der Waals surface area contributed by atoms with Crippen LogP contribution in [0.3, 0.4) is 0 Å². The first-order valence-electron chi connectivity index (χ1n) is 9.36. The molecular formula is C20H17N8NaO3S. The predicted molar refractivity (Wildman–Crippen MR) is 120 cm³/mol. The summed E-state index contributed by atoms with van der Waals surface area (Å²) in [5.74, 6) is 0.522. The van der Waals surface area contributed by atoms with Gasteiger partial charge in [-0.15, -0.1) is 0 Å². The van der Waals surface area contributed by atoms with Gasteiger partial charge >= 0.3 is 29.6 Å². The van der Waals surface area contributed by atoms with Crippen molar-refractivity contribution in [2.24, 2.45) is 5.11 Å². The minimum absolute atomic E-state index is 0. The monoisotopic (exact) mass is 472 g/mol. The fourth-order valence-electron chi connectivity index (χ4n) is 3.17. The first kappa shape index (κ1) is 26.0. The molecular weight excluding hydrogens is 455 g/mol. The van der Waals surface area contributed by atoms with Crippen LogP contribution in [-0.2, 0) is 9.84 Å². The number of aromatic amines is 1. The van der Waals surface area contributed by atoms with Crippen LogP contribution in [0.2, 0.25) is 0 Å². The van der Waals surface area contributed by atoms with Crippen molar-refractivity contribution in [3.05, 3.63) is 87.1 Å². The molecule has 0 aliphatic carbocycles. The summed E-state index contributed by atoms with van der Waals surface area (Å²) in [6, 6.07) is 17.6. The van der Waals surface area contributed by atoms with Crippen LogP contribution in [0.25, 0.3) is 48.1 Å². The van der Waals surface area contributed by atoms with Crippen LogP contribution in [0, 0.1) is 0 Å². The zero-order chi connectivity index (χ0) is 23.0. The number of fused-ring (bicyclic) bond motifs is 2. The van der Waals surface area contributed by atoms with Gasteiger partial charge in [0.2, 0.25) is 9.84 Å². The van der Waals surface area contributed by atoms with Crippen molar-refractivity contribution in [2.75, 3.05) is 13.2 Å². The number of nitrogens with zero attached hydrogens (tertiary/aromatic N) is 7. The number of nitrogens with one attached hydrogen (secondary N) is 1. The molecule has 0 aliphatic rings. The van der Waals surface area contributed by atoms with E-state index in [9.17, 15) is 8.42 Å². The molecule has 33 heavy (non-hydrogen) atoms. The maximum Gasteiger partial charge on any atom is 1.00 e. The molecule has 1 N–H and O–H groups in total. The molecule has 0 bridgehead atoms. The Kier molecular flexibility index (Phi) is 9.56. The van der Waals surface area contributed by atoms with Crippen LogP contribution in [0.15, 0.2) is 75.7 Å². The molecule has 4 rings (SSSR count). The van der Waals surface area contributed by atoms with E-state index in [4.69, 9.17) is 21.3 Å². The van der Waals surface area contributed by atoms with E-state index in [-0.39, 0.29) is 39.5 Å². The van der Waals surface area contributed by atoms with Crippen molar-refractivity contribution < 1.29 is 42.7 Å². The molecule has 3 aromatic carbocycles. The summed E-state index contributed by atoms with van der Waals surface area (Å²) in [5.41, 5.74) is 22.3. The smallest absolute Gasteiger partial charge is 0.494 e. The number of H-pyrrole nitrogens is 1. The van der Waals surface area contributed by atoms with E-state index >= 15 is 0 Å². The average Bonchev–Trinajstić information content (AvgIpc) is 3.23. The topological polar surface area (TPSA) is 180 Å². The SMILES string of the molecule is [N-]=[N+]=NCCCOc1ccc2n[nH]c(S(=O)(=O)c3cccc4ccccc34)c2c1.[N-]=[N+]=[N-].[Na+]. The molecule has 1 heterocycles. The van der Waals surface area contributed by atoms with Gasteiger partial charge in [0, 0.05) is 22.2 Å². The Morgan fingerprint density at radius 1 is 1.00 bits per heavy atom. The number of rotatable bonds is 7. The molecule has 162 valence electrons. The Hall–Kier alpha value is -3.24. The summed E-state index contributed by atoms with van der Waals surface area (Å²) in [6.45, 7) is 0.693. The summed E-state index contributed by atoms with van der Waals surface area (Å²) < 4.78 is 32.5. The van der Waals surface area contributed by atoms with Gasteiger partial charge in [0.25, 0.3) is 0 Å². The van der Waals surface area contributed by atoms with Gasteiger partial charge in [0.1, 0.15) is 5.75 Å². The number of ether oxygens (including phenoxy) is 1. The molecule has 0 saturated heterocycles. The number of benzene rings is 3. The number of azide groups is 1. The normalized spacial score (nSPS) is 10.3. The van der Waals surface area contributed by atoms with Gasteiger partial charge < -0.3 is 15.8 Å². The van der Waals surface area contributed by atoms with Gasteiger partial charge in [-0.05, 0) is 41.6 Å². The van der Waals surface area contributed by atoms with E-state index in [0.29, 0.717) is 41.6 Å². The molecule has 0 aliphatic heterocycles. The zero-order valence-corrected chi connectivity index (χ0v) is 20.5. The molecule has 4 aromatic rings. The van der Waals surface area contributed by atoms with Crippen LogP contribution < -0.4 is 34.3 Å². The fourth-order valence-corrected chi connectivity index (χ4v) is 4.74. The van der Waals surface area contributed by atoms with E-state index in [2.05, 4.69) is 20.2 Å². The number of hydrogen-bond donors (Lipinski definition) is 1. The predicted octanol–water partition coefficient (Wildman–Crippen LogP) is 2.50. The summed E-state index contributed by atoms with van der Waals surface area (Å²) >= 11 is 0. The van der Waals surface area contributed by atoms with E-state index in [0.717, 1.165) is 5.39 Å². The molecule has 0 amide bonds. The minimum Gasteiger partial charge on any atom is -0.494 e. The van der Waals surface area contributed by atoms with Crippen molar-refractivity contribution in [3.63, 3.8) is 0 Å². The molecule has 0 fully saturated rings. The molecule has 0 radical (unpaired) electrons. The van der Waals surface area contributed by atoms with Crippen molar-refractivity contribution in [2.45, 2.75) is 16.3 Å². The van der Waals surface area contributed by atoms with Gasteiger partial charge in [-0.3, -0.25) is 10.0 Å². The molecule has 0 atom stereocenters. The van der Waals surface area contributed by atoms with Crippen molar-refractivity contribution >= 4 is 31.5 Å². The fraction of sp³-hybridized carbons (Fsp3) is 0.150. The number of hydrogen-bond acceptors (Lipinski definition) is 5. The van der Waals surface area contributed by atoms with Crippen molar-refractivity contribution in [3.8, 4) is 5.75 Å². The minimum atomic E-state index is -3.83. The van der Waals surface area contributed by atoms with Gasteiger partial charge in [-0.1, -0.05) is 41.5 Å². The first-order valence-corrected chi connectivity index (χ1v) is 10.8. The second-order valence-corrected chi connectivity index (χ2v) is 8.31. The van der Waals surface area contributed by atoms with E-state index in [1.807, 2.05) is 24.3 Å². The number of sulfone groups is 1. The Labute approximate surface area is 211 Å². The molecule has 0 saturated carbocycles. The number of aromatic nitrogens is 2. The van der Waals surface area contributed by atoms with Gasteiger partial charge in [-0.2, -0.15) is 5.10 Å². The van der Waals surface area contributed by atoms with Crippen molar-refractivity contribution in [1.82, 2.24) is 10.2 Å². The van der Waals surface area contributed by atoms with Crippen LogP contribution in [0.4, 0.5) is 0 Å². The maximum atomic E-state index is 13.4. The van der Waals surface area contributed by atoms with Crippen LogP contribution in [0.1, 0.15) is 6.42 Å². The third-order valence-electron chi connectivity index (χ3n) is 4.53. The Balaban J connectivity index is 0.000000914. The summed E-state index contributed by atoms with van der Waals surface area (Å²) in [4.78, 5) is 4.42. The zero-order valence-electron chi connectivity index (χ0n) is 17.7. The van der Waals surface area contributed by atoms with Gasteiger partial charge in [0.15, 0.2) is 5.03 Å². The van der Waals surface area contributed by atoms with E-state index in [1.54, 1.807) is 36.4 Å². The molecule has 0 unspecified atom stereocenters. The summed E-state index contributed by atoms with van der Waals surface area (Å²) in [5, 5.41) is 12.3. The largest absolute Gasteiger partial charge is 1.00 e. The molecule has 0 spiro atoms. The Bertz CT molecular complexity index is 1440. The quantitative estimate of drug-likeness (QED) is 0.143. The summed E-state index contributed by atoms with van der Waals surface area (Å²) in [7, 11) is -3.83. The second kappa shape index (κ2) is 12.1.